The number of primary amides is 1. The Hall–Kier alpha value is -2.33. The molecular formula is C17H21N3O. The maximum absolute atomic E-state index is 11.2. The van der Waals surface area contributed by atoms with Crippen LogP contribution in [0.25, 0.3) is 0 Å². The fraction of sp³-hybridized carbons (Fsp3) is 0.235. The highest BCUT2D eigenvalue weighted by Crippen LogP contribution is 2.12. The lowest BCUT2D eigenvalue weighted by atomic mass is 9.98. The number of carbonyl (C=O) groups excluding carboxylic acids is 1. The van der Waals surface area contributed by atoms with Gasteiger partial charge in [-0.1, -0.05) is 42.5 Å². The first kappa shape index (κ1) is 15.1. The molecule has 0 saturated heterocycles. The molecule has 2 aromatic rings. The summed E-state index contributed by atoms with van der Waals surface area (Å²) in [6, 6.07) is 18.2. The highest BCUT2D eigenvalue weighted by Gasteiger charge is 2.13. The van der Waals surface area contributed by atoms with E-state index in [0.29, 0.717) is 6.42 Å². The first-order valence-corrected chi connectivity index (χ1v) is 7.05. The Kier molecular flexibility index (Phi) is 5.35. The van der Waals surface area contributed by atoms with Crippen LogP contribution >= 0.6 is 0 Å². The summed E-state index contributed by atoms with van der Waals surface area (Å²) in [5.41, 5.74) is 14.2. The van der Waals surface area contributed by atoms with Gasteiger partial charge in [0.05, 0.1) is 5.92 Å². The molecule has 2 rings (SSSR count). The van der Waals surface area contributed by atoms with Gasteiger partial charge < -0.3 is 16.8 Å². The zero-order valence-electron chi connectivity index (χ0n) is 12.0. The number of benzene rings is 2. The summed E-state index contributed by atoms with van der Waals surface area (Å²) in [6.07, 6.45) is 0.595. The lowest BCUT2D eigenvalue weighted by Crippen LogP contribution is -2.31. The molecule has 0 heterocycles. The van der Waals surface area contributed by atoms with E-state index in [9.17, 15) is 4.79 Å². The summed E-state index contributed by atoms with van der Waals surface area (Å²) >= 11 is 0. The van der Waals surface area contributed by atoms with E-state index in [4.69, 9.17) is 11.5 Å². The zero-order valence-corrected chi connectivity index (χ0v) is 12.0. The minimum atomic E-state index is -0.340. The number of anilines is 1. The Balaban J connectivity index is 1.91. The van der Waals surface area contributed by atoms with Crippen LogP contribution in [0.4, 0.5) is 5.69 Å². The third-order valence-corrected chi connectivity index (χ3v) is 3.46. The molecule has 0 bridgehead atoms. The van der Waals surface area contributed by atoms with Gasteiger partial charge in [-0.3, -0.25) is 4.79 Å². The topological polar surface area (TPSA) is 81.1 Å². The number of hydrogen-bond acceptors (Lipinski definition) is 3. The minimum absolute atomic E-state index is 0.284. The molecular weight excluding hydrogens is 262 g/mol. The molecule has 0 saturated carbocycles. The van der Waals surface area contributed by atoms with Crippen molar-refractivity contribution in [1.29, 1.82) is 0 Å². The summed E-state index contributed by atoms with van der Waals surface area (Å²) in [7, 11) is 0. The largest absolute Gasteiger partial charge is 0.381 e. The second-order valence-corrected chi connectivity index (χ2v) is 5.08. The van der Waals surface area contributed by atoms with Crippen molar-refractivity contribution < 1.29 is 4.79 Å². The van der Waals surface area contributed by atoms with Gasteiger partial charge in [0.25, 0.3) is 0 Å². The van der Waals surface area contributed by atoms with Crippen LogP contribution in [0.1, 0.15) is 11.1 Å². The normalized spacial score (nSPS) is 11.9. The van der Waals surface area contributed by atoms with Crippen molar-refractivity contribution in [2.45, 2.75) is 13.0 Å². The number of rotatable bonds is 7. The van der Waals surface area contributed by atoms with E-state index in [1.54, 1.807) is 0 Å². The van der Waals surface area contributed by atoms with Crippen LogP contribution in [0.15, 0.2) is 54.6 Å². The van der Waals surface area contributed by atoms with Crippen LogP contribution in [0, 0.1) is 5.92 Å². The molecule has 1 atom stereocenters. The Morgan fingerprint density at radius 1 is 1.00 bits per heavy atom. The third-order valence-electron chi connectivity index (χ3n) is 3.46. The molecule has 0 aromatic heterocycles. The first-order chi connectivity index (χ1) is 10.2. The molecule has 0 fully saturated rings. The molecule has 0 spiro atoms. The van der Waals surface area contributed by atoms with Gasteiger partial charge in [-0.25, -0.2) is 0 Å². The van der Waals surface area contributed by atoms with E-state index in [1.807, 2.05) is 42.5 Å². The van der Waals surface area contributed by atoms with E-state index >= 15 is 0 Å². The van der Waals surface area contributed by atoms with E-state index in [1.165, 1.54) is 5.56 Å². The SMILES string of the molecule is NCC(Cc1ccc(CNc2ccccc2)cc1)C(N)=O. The number of nitrogens with one attached hydrogen (secondary N) is 1. The zero-order chi connectivity index (χ0) is 15.1. The fourth-order valence-electron chi connectivity index (χ4n) is 2.14. The molecule has 110 valence electrons. The lowest BCUT2D eigenvalue weighted by molar-refractivity contribution is -0.121. The van der Waals surface area contributed by atoms with Gasteiger partial charge in [0.2, 0.25) is 5.91 Å². The van der Waals surface area contributed by atoms with Gasteiger partial charge >= 0.3 is 0 Å². The standard InChI is InChI=1S/C17H21N3O/c18-11-15(17(19)21)10-13-6-8-14(9-7-13)12-20-16-4-2-1-3-5-16/h1-9,15,20H,10-12,18H2,(H2,19,21). The van der Waals surface area contributed by atoms with E-state index < -0.39 is 0 Å². The summed E-state index contributed by atoms with van der Waals surface area (Å²) in [4.78, 5) is 11.2. The molecule has 0 aliphatic heterocycles. The maximum Gasteiger partial charge on any atom is 0.222 e. The molecule has 1 amide bonds. The van der Waals surface area contributed by atoms with Crippen molar-refractivity contribution in [3.63, 3.8) is 0 Å². The van der Waals surface area contributed by atoms with Gasteiger partial charge in [-0.2, -0.15) is 0 Å². The monoisotopic (exact) mass is 283 g/mol. The molecule has 4 heteroatoms. The van der Waals surface area contributed by atoms with Crippen molar-refractivity contribution in [1.82, 2.24) is 0 Å². The van der Waals surface area contributed by atoms with Crippen LogP contribution in [0.3, 0.4) is 0 Å². The smallest absolute Gasteiger partial charge is 0.222 e. The van der Waals surface area contributed by atoms with Crippen molar-refractivity contribution in [3.05, 3.63) is 65.7 Å². The average Bonchev–Trinajstić information content (AvgIpc) is 2.52. The van der Waals surface area contributed by atoms with Crippen molar-refractivity contribution in [2.75, 3.05) is 11.9 Å². The van der Waals surface area contributed by atoms with Crippen molar-refractivity contribution in [2.24, 2.45) is 17.4 Å². The first-order valence-electron chi connectivity index (χ1n) is 7.05. The summed E-state index contributed by atoms with van der Waals surface area (Å²) in [5.74, 6) is -0.634. The van der Waals surface area contributed by atoms with Gasteiger partial charge in [0.15, 0.2) is 0 Å². The van der Waals surface area contributed by atoms with Gasteiger partial charge in [0, 0.05) is 18.8 Å². The van der Waals surface area contributed by atoms with Crippen LogP contribution in [0.2, 0.25) is 0 Å². The fourth-order valence-corrected chi connectivity index (χ4v) is 2.14. The number of carbonyl (C=O) groups is 1. The van der Waals surface area contributed by atoms with Gasteiger partial charge in [-0.15, -0.1) is 0 Å². The summed E-state index contributed by atoms with van der Waals surface area (Å²) in [5, 5.41) is 3.36. The number of para-hydroxylation sites is 1. The molecule has 4 nitrogen and oxygen atoms in total. The molecule has 0 aliphatic rings. The highest BCUT2D eigenvalue weighted by molar-refractivity contribution is 5.77. The van der Waals surface area contributed by atoms with Crippen LogP contribution < -0.4 is 16.8 Å². The Morgan fingerprint density at radius 3 is 2.19 bits per heavy atom. The quantitative estimate of drug-likeness (QED) is 0.726. The molecule has 21 heavy (non-hydrogen) atoms. The van der Waals surface area contributed by atoms with Gasteiger partial charge in [0.1, 0.15) is 0 Å². The second kappa shape index (κ2) is 7.45. The number of amides is 1. The Morgan fingerprint density at radius 2 is 1.62 bits per heavy atom. The third kappa shape index (κ3) is 4.61. The minimum Gasteiger partial charge on any atom is -0.381 e. The van der Waals surface area contributed by atoms with E-state index in [2.05, 4.69) is 17.4 Å². The molecule has 5 N–H and O–H groups in total. The van der Waals surface area contributed by atoms with Crippen LogP contribution in [0.5, 0.6) is 0 Å². The molecule has 1 unspecified atom stereocenters. The maximum atomic E-state index is 11.2. The predicted molar refractivity (Wildman–Crippen MR) is 85.7 cm³/mol. The van der Waals surface area contributed by atoms with E-state index in [0.717, 1.165) is 17.8 Å². The highest BCUT2D eigenvalue weighted by atomic mass is 16.1. The Labute approximate surface area is 125 Å². The lowest BCUT2D eigenvalue weighted by Gasteiger charge is -2.11. The number of nitrogens with two attached hydrogens (primary N) is 2. The van der Waals surface area contributed by atoms with Gasteiger partial charge in [-0.05, 0) is 29.7 Å². The Bertz CT molecular complexity index is 566. The van der Waals surface area contributed by atoms with Crippen molar-refractivity contribution in [3.8, 4) is 0 Å². The summed E-state index contributed by atoms with van der Waals surface area (Å²) in [6.45, 7) is 1.05. The van der Waals surface area contributed by atoms with E-state index in [-0.39, 0.29) is 18.4 Å². The second-order valence-electron chi connectivity index (χ2n) is 5.08. The number of hydrogen-bond donors (Lipinski definition) is 3. The molecule has 2 aromatic carbocycles. The molecule has 0 aliphatic carbocycles. The van der Waals surface area contributed by atoms with Crippen LogP contribution in [-0.4, -0.2) is 12.5 Å². The van der Waals surface area contributed by atoms with Crippen molar-refractivity contribution >= 4 is 11.6 Å². The molecule has 0 radical (unpaired) electrons. The average molecular weight is 283 g/mol. The summed E-state index contributed by atoms with van der Waals surface area (Å²) < 4.78 is 0. The van der Waals surface area contributed by atoms with Crippen LogP contribution in [-0.2, 0) is 17.8 Å². The predicted octanol–water partition coefficient (Wildman–Crippen LogP) is 1.90.